The molecule has 2 aromatic rings. The van der Waals surface area contributed by atoms with Crippen LogP contribution in [0.15, 0.2) is 46.2 Å². The molecule has 23 heavy (non-hydrogen) atoms. The van der Waals surface area contributed by atoms with Crippen molar-refractivity contribution < 1.29 is 9.59 Å². The van der Waals surface area contributed by atoms with E-state index >= 15 is 0 Å². The van der Waals surface area contributed by atoms with Gasteiger partial charge in [0, 0.05) is 21.6 Å². The molecule has 2 saturated carbocycles. The number of thiophene rings is 2. The van der Waals surface area contributed by atoms with E-state index in [1.807, 2.05) is 47.2 Å². The van der Waals surface area contributed by atoms with Gasteiger partial charge in [-0.1, -0.05) is 12.1 Å². The molecule has 0 N–H and O–H groups in total. The second kappa shape index (κ2) is 6.02. The van der Waals surface area contributed by atoms with Crippen LogP contribution in [0.5, 0.6) is 0 Å². The summed E-state index contributed by atoms with van der Waals surface area (Å²) in [5.41, 5.74) is 1.66. The molecule has 0 radical (unpaired) electrons. The molecule has 0 spiro atoms. The van der Waals surface area contributed by atoms with Crippen LogP contribution in [-0.2, 0) is 9.59 Å². The van der Waals surface area contributed by atoms with Gasteiger partial charge >= 0.3 is 0 Å². The van der Waals surface area contributed by atoms with Gasteiger partial charge in [0.25, 0.3) is 0 Å². The number of ketones is 2. The van der Waals surface area contributed by atoms with Crippen molar-refractivity contribution >= 4 is 46.4 Å². The first kappa shape index (κ1) is 14.8. The molecule has 0 aliphatic heterocycles. The molecule has 116 valence electrons. The normalized spacial score (nSPS) is 27.8. The van der Waals surface area contributed by atoms with Crippen LogP contribution in [0.1, 0.15) is 29.0 Å². The third-order valence-electron chi connectivity index (χ3n) is 4.60. The number of carbonyl (C=O) groups excluding carboxylic acids is 2. The number of allylic oxidation sites excluding steroid dienone is 2. The van der Waals surface area contributed by atoms with Crippen molar-refractivity contribution in [3.8, 4) is 0 Å². The van der Waals surface area contributed by atoms with E-state index < -0.39 is 0 Å². The van der Waals surface area contributed by atoms with Crippen molar-refractivity contribution in [2.24, 2.45) is 11.8 Å². The van der Waals surface area contributed by atoms with Gasteiger partial charge < -0.3 is 0 Å². The molecular formula is C19H16O2S2. The predicted molar refractivity (Wildman–Crippen MR) is 95.4 cm³/mol. The summed E-state index contributed by atoms with van der Waals surface area (Å²) in [5, 5.41) is 4.01. The summed E-state index contributed by atoms with van der Waals surface area (Å²) in [6.45, 7) is 0. The van der Waals surface area contributed by atoms with E-state index in [4.69, 9.17) is 0 Å². The SMILES string of the molecule is O=C1C(=Cc2cccs2)C[C@H]2C[C@H]1C/C(=C\c1cccs1)C2=O. The van der Waals surface area contributed by atoms with E-state index in [1.165, 1.54) is 0 Å². The molecule has 4 rings (SSSR count). The Morgan fingerprint density at radius 3 is 1.70 bits per heavy atom. The van der Waals surface area contributed by atoms with Gasteiger partial charge in [-0.25, -0.2) is 0 Å². The number of hydrogen-bond donors (Lipinski definition) is 0. The fourth-order valence-electron chi connectivity index (χ4n) is 3.52. The summed E-state index contributed by atoms with van der Waals surface area (Å²) < 4.78 is 0. The molecule has 0 amide bonds. The third-order valence-corrected chi connectivity index (χ3v) is 6.23. The van der Waals surface area contributed by atoms with Crippen LogP contribution in [0, 0.1) is 11.8 Å². The molecule has 0 unspecified atom stereocenters. The van der Waals surface area contributed by atoms with Crippen LogP contribution >= 0.6 is 22.7 Å². The zero-order valence-corrected chi connectivity index (χ0v) is 14.2. The largest absolute Gasteiger partial charge is 0.294 e. The molecule has 2 aromatic heterocycles. The van der Waals surface area contributed by atoms with E-state index in [-0.39, 0.29) is 23.4 Å². The maximum absolute atomic E-state index is 12.7. The van der Waals surface area contributed by atoms with Gasteiger partial charge in [-0.3, -0.25) is 9.59 Å². The highest BCUT2D eigenvalue weighted by atomic mass is 32.1. The summed E-state index contributed by atoms with van der Waals surface area (Å²) in [5.74, 6) is 0.422. The Morgan fingerprint density at radius 2 is 1.30 bits per heavy atom. The quantitative estimate of drug-likeness (QED) is 0.733. The van der Waals surface area contributed by atoms with Crippen LogP contribution in [0.2, 0.25) is 0 Å². The summed E-state index contributed by atoms with van der Waals surface area (Å²) in [6, 6.07) is 8.00. The van der Waals surface area contributed by atoms with Crippen molar-refractivity contribution in [1.29, 1.82) is 0 Å². The average molecular weight is 340 g/mol. The Kier molecular flexibility index (Phi) is 3.87. The van der Waals surface area contributed by atoms with Crippen LogP contribution in [-0.4, -0.2) is 11.6 Å². The fourth-order valence-corrected chi connectivity index (χ4v) is 4.88. The lowest BCUT2D eigenvalue weighted by Gasteiger charge is -2.35. The Bertz CT molecular complexity index is 726. The summed E-state index contributed by atoms with van der Waals surface area (Å²) in [6.07, 6.45) is 5.86. The average Bonchev–Trinajstić information content (AvgIpc) is 3.22. The second-order valence-electron chi connectivity index (χ2n) is 6.14. The van der Waals surface area contributed by atoms with E-state index in [1.54, 1.807) is 22.7 Å². The molecule has 0 saturated heterocycles. The Labute approximate surface area is 143 Å². The first-order chi connectivity index (χ1) is 11.2. The maximum Gasteiger partial charge on any atom is 0.162 e. The summed E-state index contributed by atoms with van der Waals surface area (Å²) >= 11 is 3.25. The predicted octanol–water partition coefficient (Wildman–Crippen LogP) is 4.84. The molecule has 2 atom stereocenters. The standard InChI is InChI=1S/C19H16O2S2/c20-18-13-7-12(8-14(18)10-16-3-1-5-22-16)19(21)15(9-13)11-17-4-2-6-23-17/h1-6,10-13H,7-9H2/b14-10+,15-11?/t12-,13+/m0/s1. The van der Waals surface area contributed by atoms with Crippen molar-refractivity contribution in [3.05, 3.63) is 55.9 Å². The lowest BCUT2D eigenvalue weighted by molar-refractivity contribution is -0.127. The number of rotatable bonds is 2. The number of hydrogen-bond acceptors (Lipinski definition) is 4. The fraction of sp³-hybridized carbons (Fsp3) is 0.263. The number of carbonyl (C=O) groups is 2. The molecule has 2 nitrogen and oxygen atoms in total. The van der Waals surface area contributed by atoms with E-state index in [0.29, 0.717) is 12.8 Å². The minimum atomic E-state index is -0.0242. The number of fused-ring (bicyclic) bond motifs is 2. The molecular weight excluding hydrogens is 324 g/mol. The van der Waals surface area contributed by atoms with E-state index in [0.717, 1.165) is 27.3 Å². The van der Waals surface area contributed by atoms with Crippen LogP contribution in [0.4, 0.5) is 0 Å². The highest BCUT2D eigenvalue weighted by Crippen LogP contribution is 2.42. The monoisotopic (exact) mass is 340 g/mol. The molecule has 2 heterocycles. The highest BCUT2D eigenvalue weighted by Gasteiger charge is 2.41. The van der Waals surface area contributed by atoms with E-state index in [9.17, 15) is 9.59 Å². The minimum Gasteiger partial charge on any atom is -0.294 e. The highest BCUT2D eigenvalue weighted by molar-refractivity contribution is 7.11. The lowest BCUT2D eigenvalue weighted by Crippen LogP contribution is -2.37. The summed E-state index contributed by atoms with van der Waals surface area (Å²) in [4.78, 5) is 27.6. The van der Waals surface area contributed by atoms with Gasteiger partial charge in [0.2, 0.25) is 0 Å². The first-order valence-corrected chi connectivity index (χ1v) is 9.53. The van der Waals surface area contributed by atoms with Crippen molar-refractivity contribution in [1.82, 2.24) is 0 Å². The van der Waals surface area contributed by atoms with Crippen LogP contribution in [0.25, 0.3) is 12.2 Å². The van der Waals surface area contributed by atoms with Crippen molar-refractivity contribution in [2.75, 3.05) is 0 Å². The van der Waals surface area contributed by atoms with Gasteiger partial charge in [0.05, 0.1) is 0 Å². The maximum atomic E-state index is 12.7. The Balaban J connectivity index is 1.63. The molecule has 2 bridgehead atoms. The Morgan fingerprint density at radius 1 is 0.826 bits per heavy atom. The van der Waals surface area contributed by atoms with Gasteiger partial charge in [-0.2, -0.15) is 0 Å². The van der Waals surface area contributed by atoms with Gasteiger partial charge in [-0.05, 0) is 65.5 Å². The topological polar surface area (TPSA) is 34.1 Å². The number of Topliss-reactive ketones (excluding diaryl/α,β-unsaturated/α-hetero) is 2. The zero-order valence-electron chi connectivity index (χ0n) is 12.5. The van der Waals surface area contributed by atoms with Gasteiger partial charge in [0.1, 0.15) is 0 Å². The zero-order chi connectivity index (χ0) is 15.8. The van der Waals surface area contributed by atoms with Crippen molar-refractivity contribution in [3.63, 3.8) is 0 Å². The molecule has 2 aliphatic rings. The third kappa shape index (κ3) is 2.89. The van der Waals surface area contributed by atoms with Gasteiger partial charge in [0.15, 0.2) is 11.6 Å². The van der Waals surface area contributed by atoms with Gasteiger partial charge in [-0.15, -0.1) is 22.7 Å². The second-order valence-corrected chi connectivity index (χ2v) is 8.09. The lowest BCUT2D eigenvalue weighted by atomic mass is 9.67. The van der Waals surface area contributed by atoms with E-state index in [2.05, 4.69) is 0 Å². The molecule has 0 aromatic carbocycles. The first-order valence-electron chi connectivity index (χ1n) is 7.77. The van der Waals surface area contributed by atoms with Crippen LogP contribution < -0.4 is 0 Å². The smallest absolute Gasteiger partial charge is 0.162 e. The molecule has 4 heteroatoms. The minimum absolute atomic E-state index is 0.0242. The molecule has 2 fully saturated rings. The molecule has 2 aliphatic carbocycles. The van der Waals surface area contributed by atoms with Crippen LogP contribution in [0.3, 0.4) is 0 Å². The van der Waals surface area contributed by atoms with Crippen molar-refractivity contribution in [2.45, 2.75) is 19.3 Å². The summed E-state index contributed by atoms with van der Waals surface area (Å²) in [7, 11) is 0. The Hall–Kier alpha value is -1.78.